The van der Waals surface area contributed by atoms with E-state index in [1.54, 1.807) is 7.11 Å². The number of rotatable bonds is 12. The van der Waals surface area contributed by atoms with Crippen LogP contribution in [0.15, 0.2) is 29.3 Å². The summed E-state index contributed by atoms with van der Waals surface area (Å²) in [5.74, 6) is 1.72. The van der Waals surface area contributed by atoms with Crippen molar-refractivity contribution in [2.45, 2.75) is 26.3 Å². The van der Waals surface area contributed by atoms with E-state index in [4.69, 9.17) is 9.47 Å². The lowest BCUT2D eigenvalue weighted by molar-refractivity contribution is 0.145. The molecule has 0 radical (unpaired) electrons. The molecule has 1 rings (SSSR count). The molecule has 0 aliphatic rings. The van der Waals surface area contributed by atoms with Gasteiger partial charge in [-0.15, -0.1) is 24.0 Å². The fraction of sp³-hybridized carbons (Fsp3) is 0.632. The fourth-order valence-corrected chi connectivity index (χ4v) is 2.20. The summed E-state index contributed by atoms with van der Waals surface area (Å²) >= 11 is 0. The van der Waals surface area contributed by atoms with Gasteiger partial charge in [-0.1, -0.05) is 12.1 Å². The number of ether oxygens (including phenoxy) is 2. The Morgan fingerprint density at radius 2 is 1.73 bits per heavy atom. The van der Waals surface area contributed by atoms with Gasteiger partial charge in [-0.3, -0.25) is 0 Å². The van der Waals surface area contributed by atoms with Gasteiger partial charge in [0.1, 0.15) is 5.75 Å². The second kappa shape index (κ2) is 16.1. The zero-order chi connectivity index (χ0) is 18.3. The van der Waals surface area contributed by atoms with Crippen molar-refractivity contribution in [1.29, 1.82) is 0 Å². The molecule has 0 saturated heterocycles. The second-order valence-electron chi connectivity index (χ2n) is 6.07. The van der Waals surface area contributed by atoms with E-state index in [1.165, 1.54) is 0 Å². The van der Waals surface area contributed by atoms with Crippen LogP contribution in [-0.2, 0) is 11.3 Å². The maximum atomic E-state index is 5.37. The van der Waals surface area contributed by atoms with Crippen molar-refractivity contribution in [2.75, 3.05) is 54.1 Å². The molecule has 1 aromatic rings. The van der Waals surface area contributed by atoms with E-state index < -0.39 is 0 Å². The molecule has 0 fully saturated rings. The van der Waals surface area contributed by atoms with Crippen molar-refractivity contribution in [2.24, 2.45) is 4.99 Å². The average Bonchev–Trinajstić information content (AvgIpc) is 2.62. The first-order valence-corrected chi connectivity index (χ1v) is 9.03. The predicted octanol–water partition coefficient (Wildman–Crippen LogP) is 2.73. The molecule has 0 spiro atoms. The Balaban J connectivity index is 0.00000625. The van der Waals surface area contributed by atoms with Crippen molar-refractivity contribution in [3.8, 4) is 5.75 Å². The molecular formula is C19H35IN4O2. The summed E-state index contributed by atoms with van der Waals surface area (Å²) in [5.41, 5.74) is 1.16. The van der Waals surface area contributed by atoms with Gasteiger partial charge < -0.3 is 25.0 Å². The third-order valence-electron chi connectivity index (χ3n) is 3.62. The van der Waals surface area contributed by atoms with Crippen molar-refractivity contribution in [3.05, 3.63) is 29.8 Å². The Morgan fingerprint density at radius 3 is 2.31 bits per heavy atom. The molecule has 26 heavy (non-hydrogen) atoms. The number of halogens is 1. The van der Waals surface area contributed by atoms with Crippen LogP contribution in [0.2, 0.25) is 0 Å². The first-order chi connectivity index (χ1) is 12.2. The topological polar surface area (TPSA) is 58.1 Å². The van der Waals surface area contributed by atoms with E-state index in [2.05, 4.69) is 34.6 Å². The number of hydrogen-bond donors (Lipinski definition) is 2. The van der Waals surface area contributed by atoms with Gasteiger partial charge in [-0.25, -0.2) is 4.99 Å². The van der Waals surface area contributed by atoms with Crippen LogP contribution in [0.4, 0.5) is 0 Å². The molecule has 0 atom stereocenters. The number of aliphatic imine (C=N–C) groups is 1. The first kappa shape index (κ1) is 24.9. The fourth-order valence-electron chi connectivity index (χ4n) is 2.20. The Morgan fingerprint density at radius 1 is 1.08 bits per heavy atom. The van der Waals surface area contributed by atoms with Gasteiger partial charge in [0.15, 0.2) is 5.96 Å². The van der Waals surface area contributed by atoms with E-state index in [1.807, 2.05) is 31.2 Å². The minimum atomic E-state index is 0. The third kappa shape index (κ3) is 12.3. The molecule has 0 aliphatic heterocycles. The summed E-state index contributed by atoms with van der Waals surface area (Å²) in [6.45, 7) is 7.00. The molecule has 150 valence electrons. The highest BCUT2D eigenvalue weighted by Crippen LogP contribution is 2.11. The van der Waals surface area contributed by atoms with E-state index in [-0.39, 0.29) is 24.0 Å². The Labute approximate surface area is 175 Å². The molecule has 0 unspecified atom stereocenters. The maximum absolute atomic E-state index is 5.37. The number of hydrogen-bond acceptors (Lipinski definition) is 4. The highest BCUT2D eigenvalue weighted by Gasteiger charge is 2.00. The molecule has 1 aromatic carbocycles. The van der Waals surface area contributed by atoms with E-state index in [9.17, 15) is 0 Å². The smallest absolute Gasteiger partial charge is 0.191 e. The summed E-state index contributed by atoms with van der Waals surface area (Å²) < 4.78 is 10.6. The lowest BCUT2D eigenvalue weighted by Gasteiger charge is -2.14. The van der Waals surface area contributed by atoms with Crippen LogP contribution >= 0.6 is 24.0 Å². The van der Waals surface area contributed by atoms with Gasteiger partial charge in [0.2, 0.25) is 0 Å². The number of methoxy groups -OCH3 is 1. The first-order valence-electron chi connectivity index (χ1n) is 9.03. The minimum Gasteiger partial charge on any atom is -0.497 e. The minimum absolute atomic E-state index is 0. The quantitative estimate of drug-likeness (QED) is 0.210. The van der Waals surface area contributed by atoms with Crippen molar-refractivity contribution in [1.82, 2.24) is 15.5 Å². The van der Waals surface area contributed by atoms with Crippen LogP contribution in [0.25, 0.3) is 0 Å². The molecule has 7 heteroatoms. The molecule has 0 amide bonds. The van der Waals surface area contributed by atoms with Crippen LogP contribution in [0, 0.1) is 0 Å². The normalized spacial score (nSPS) is 11.2. The average molecular weight is 478 g/mol. The number of nitrogens with one attached hydrogen (secondary N) is 2. The van der Waals surface area contributed by atoms with E-state index in [0.717, 1.165) is 63.0 Å². The predicted molar refractivity (Wildman–Crippen MR) is 120 cm³/mol. The molecule has 0 saturated carbocycles. The Hall–Kier alpha value is -1.06. The molecule has 2 N–H and O–H groups in total. The summed E-state index contributed by atoms with van der Waals surface area (Å²) in [5, 5.41) is 6.79. The summed E-state index contributed by atoms with van der Waals surface area (Å²) in [6, 6.07) is 8.01. The summed E-state index contributed by atoms with van der Waals surface area (Å²) in [7, 11) is 5.85. The number of guanidine groups is 1. The van der Waals surface area contributed by atoms with Crippen LogP contribution in [-0.4, -0.2) is 64.9 Å². The maximum Gasteiger partial charge on any atom is 0.191 e. The lowest BCUT2D eigenvalue weighted by atomic mass is 10.2. The van der Waals surface area contributed by atoms with E-state index in [0.29, 0.717) is 6.54 Å². The lowest BCUT2D eigenvalue weighted by Crippen LogP contribution is -2.39. The number of nitrogens with zero attached hydrogens (tertiary/aromatic N) is 2. The van der Waals surface area contributed by atoms with Crippen molar-refractivity contribution < 1.29 is 9.47 Å². The molecule has 0 heterocycles. The molecule has 0 aromatic heterocycles. The zero-order valence-corrected chi connectivity index (χ0v) is 18.9. The SMILES string of the molecule is CCOCCCNC(=NCc1ccc(OC)cc1)NCCCN(C)C.I. The van der Waals surface area contributed by atoms with Crippen molar-refractivity contribution >= 4 is 29.9 Å². The van der Waals surface area contributed by atoms with Gasteiger partial charge in [0.25, 0.3) is 0 Å². The molecule has 0 bridgehead atoms. The molecule has 0 aliphatic carbocycles. The van der Waals surface area contributed by atoms with Gasteiger partial charge in [-0.05, 0) is 58.1 Å². The monoisotopic (exact) mass is 478 g/mol. The van der Waals surface area contributed by atoms with Crippen LogP contribution < -0.4 is 15.4 Å². The second-order valence-corrected chi connectivity index (χ2v) is 6.07. The van der Waals surface area contributed by atoms with Crippen LogP contribution in [0.5, 0.6) is 5.75 Å². The third-order valence-corrected chi connectivity index (χ3v) is 3.62. The van der Waals surface area contributed by atoms with E-state index >= 15 is 0 Å². The summed E-state index contributed by atoms with van der Waals surface area (Å²) in [4.78, 5) is 6.87. The van der Waals surface area contributed by atoms with Crippen LogP contribution in [0.3, 0.4) is 0 Å². The van der Waals surface area contributed by atoms with Gasteiger partial charge in [-0.2, -0.15) is 0 Å². The van der Waals surface area contributed by atoms with Gasteiger partial charge in [0, 0.05) is 26.3 Å². The summed E-state index contributed by atoms with van der Waals surface area (Å²) in [6.07, 6.45) is 2.05. The van der Waals surface area contributed by atoms with Crippen LogP contribution in [0.1, 0.15) is 25.3 Å². The molecule has 6 nitrogen and oxygen atoms in total. The molecular weight excluding hydrogens is 443 g/mol. The van der Waals surface area contributed by atoms with Gasteiger partial charge >= 0.3 is 0 Å². The Kier molecular flexibility index (Phi) is 15.5. The van der Waals surface area contributed by atoms with Gasteiger partial charge in [0.05, 0.1) is 13.7 Å². The standard InChI is InChI=1S/C19H34N4O2.HI/c1-5-25-15-7-13-21-19(20-12-6-14-23(2)3)22-16-17-8-10-18(24-4)11-9-17;/h8-11H,5-7,12-16H2,1-4H3,(H2,20,21,22);1H. The van der Waals surface area contributed by atoms with Crippen molar-refractivity contribution in [3.63, 3.8) is 0 Å². The zero-order valence-electron chi connectivity index (χ0n) is 16.6. The number of benzene rings is 1. The highest BCUT2D eigenvalue weighted by atomic mass is 127. The highest BCUT2D eigenvalue weighted by molar-refractivity contribution is 14.0. The Bertz CT molecular complexity index is 481. The largest absolute Gasteiger partial charge is 0.497 e.